The molecule has 1 aliphatic rings. The predicted octanol–water partition coefficient (Wildman–Crippen LogP) is 1.92. The minimum Gasteiger partial charge on any atom is -0.349 e. The van der Waals surface area contributed by atoms with Crippen molar-refractivity contribution in [2.24, 2.45) is 5.92 Å². The Morgan fingerprint density at radius 2 is 1.92 bits per heavy atom. The molecular weight excluding hydrogens is 340 g/mol. The Bertz CT molecular complexity index is 728. The molecule has 2 atom stereocenters. The number of benzene rings is 1. The maximum absolute atomic E-state index is 12.5. The molecule has 1 heterocycles. The molecule has 7 heteroatoms. The van der Waals surface area contributed by atoms with E-state index in [1.807, 2.05) is 13.8 Å². The van der Waals surface area contributed by atoms with Crippen LogP contribution < -0.4 is 5.32 Å². The summed E-state index contributed by atoms with van der Waals surface area (Å²) < 4.78 is 23.0. The van der Waals surface area contributed by atoms with Crippen molar-refractivity contribution in [2.45, 2.75) is 44.0 Å². The lowest BCUT2D eigenvalue weighted by atomic mass is 9.96. The first-order valence-electron chi connectivity index (χ1n) is 8.60. The largest absolute Gasteiger partial charge is 0.349 e. The summed E-state index contributed by atoms with van der Waals surface area (Å²) in [6.07, 6.45) is 3.23. The molecule has 0 aliphatic carbocycles. The van der Waals surface area contributed by atoms with E-state index < -0.39 is 9.84 Å². The number of carbonyl (C=O) groups is 2. The Morgan fingerprint density at radius 1 is 1.28 bits per heavy atom. The van der Waals surface area contributed by atoms with Gasteiger partial charge in [0.2, 0.25) is 11.8 Å². The molecule has 2 unspecified atom stereocenters. The van der Waals surface area contributed by atoms with Crippen LogP contribution in [-0.2, 0) is 19.4 Å². The van der Waals surface area contributed by atoms with Crippen molar-refractivity contribution in [1.82, 2.24) is 10.2 Å². The quantitative estimate of drug-likeness (QED) is 0.863. The summed E-state index contributed by atoms with van der Waals surface area (Å²) in [4.78, 5) is 26.4. The van der Waals surface area contributed by atoms with Gasteiger partial charge in [-0.05, 0) is 37.5 Å². The number of carbonyl (C=O) groups excluding carboxylic acids is 2. The highest BCUT2D eigenvalue weighted by Crippen LogP contribution is 2.20. The second-order valence-corrected chi connectivity index (χ2v) is 8.62. The maximum atomic E-state index is 12.5. The molecule has 138 valence electrons. The standard InChI is InChI=1S/C18H26N2O4S/c1-4-17(21)20-11-5-6-15(12-20)18(22)19-13(2)14-7-9-16(10-8-14)25(3,23)24/h7-10,13,15H,4-6,11-12H2,1-3H3,(H,19,22). The van der Waals surface area contributed by atoms with Crippen molar-refractivity contribution in [3.63, 3.8) is 0 Å². The van der Waals surface area contributed by atoms with E-state index in [-0.39, 0.29) is 28.7 Å². The van der Waals surface area contributed by atoms with E-state index in [0.717, 1.165) is 24.9 Å². The molecule has 2 amide bonds. The van der Waals surface area contributed by atoms with Gasteiger partial charge in [-0.1, -0.05) is 19.1 Å². The van der Waals surface area contributed by atoms with Crippen molar-refractivity contribution in [2.75, 3.05) is 19.3 Å². The van der Waals surface area contributed by atoms with Crippen LogP contribution in [0.1, 0.15) is 44.7 Å². The summed E-state index contributed by atoms with van der Waals surface area (Å²) >= 11 is 0. The summed E-state index contributed by atoms with van der Waals surface area (Å²) in [6, 6.07) is 6.31. The van der Waals surface area contributed by atoms with Gasteiger partial charge in [0.15, 0.2) is 9.84 Å². The lowest BCUT2D eigenvalue weighted by Crippen LogP contribution is -2.45. The molecule has 1 aliphatic heterocycles. The highest BCUT2D eigenvalue weighted by atomic mass is 32.2. The number of hydrogen-bond donors (Lipinski definition) is 1. The normalized spacial score (nSPS) is 19.3. The van der Waals surface area contributed by atoms with Gasteiger partial charge >= 0.3 is 0 Å². The number of sulfone groups is 1. The monoisotopic (exact) mass is 366 g/mol. The lowest BCUT2D eigenvalue weighted by molar-refractivity contribution is -0.135. The van der Waals surface area contributed by atoms with Crippen molar-refractivity contribution < 1.29 is 18.0 Å². The molecule has 6 nitrogen and oxygen atoms in total. The average molecular weight is 366 g/mol. The van der Waals surface area contributed by atoms with Crippen LogP contribution in [0.3, 0.4) is 0 Å². The minimum absolute atomic E-state index is 0.0618. The molecule has 0 radical (unpaired) electrons. The number of rotatable bonds is 5. The van der Waals surface area contributed by atoms with E-state index >= 15 is 0 Å². The zero-order valence-corrected chi connectivity index (χ0v) is 15.8. The first-order chi connectivity index (χ1) is 11.7. The van der Waals surface area contributed by atoms with Gasteiger partial charge in [0.25, 0.3) is 0 Å². The molecule has 1 fully saturated rings. The van der Waals surface area contributed by atoms with E-state index in [9.17, 15) is 18.0 Å². The van der Waals surface area contributed by atoms with Gasteiger partial charge < -0.3 is 10.2 Å². The molecule has 1 saturated heterocycles. The van der Waals surface area contributed by atoms with Crippen LogP contribution >= 0.6 is 0 Å². The third-order valence-corrected chi connectivity index (χ3v) is 5.74. The first-order valence-corrected chi connectivity index (χ1v) is 10.5. The molecule has 1 aromatic carbocycles. The topological polar surface area (TPSA) is 83.6 Å². The molecule has 0 saturated carbocycles. The number of nitrogens with one attached hydrogen (secondary N) is 1. The van der Waals surface area contributed by atoms with Gasteiger partial charge in [-0.25, -0.2) is 8.42 Å². The molecule has 0 spiro atoms. The van der Waals surface area contributed by atoms with E-state index in [1.54, 1.807) is 29.2 Å². The van der Waals surface area contributed by atoms with Crippen molar-refractivity contribution >= 4 is 21.7 Å². The number of nitrogens with zero attached hydrogens (tertiary/aromatic N) is 1. The second kappa shape index (κ2) is 7.99. The summed E-state index contributed by atoms with van der Waals surface area (Å²) in [5, 5.41) is 2.98. The highest BCUT2D eigenvalue weighted by Gasteiger charge is 2.28. The van der Waals surface area contributed by atoms with E-state index in [1.165, 1.54) is 6.26 Å². The fraction of sp³-hybridized carbons (Fsp3) is 0.556. The van der Waals surface area contributed by atoms with Crippen LogP contribution in [0.15, 0.2) is 29.2 Å². The minimum atomic E-state index is -3.23. The van der Waals surface area contributed by atoms with Crippen LogP contribution in [0.4, 0.5) is 0 Å². The average Bonchev–Trinajstić information content (AvgIpc) is 2.60. The Morgan fingerprint density at radius 3 is 2.48 bits per heavy atom. The van der Waals surface area contributed by atoms with E-state index in [2.05, 4.69) is 5.32 Å². The molecule has 2 rings (SSSR count). The summed E-state index contributed by atoms with van der Waals surface area (Å²) in [5.74, 6) is -0.169. The Hall–Kier alpha value is -1.89. The Labute approximate surface area is 149 Å². The zero-order valence-electron chi connectivity index (χ0n) is 15.0. The van der Waals surface area contributed by atoms with Gasteiger partial charge in [-0.3, -0.25) is 9.59 Å². The lowest BCUT2D eigenvalue weighted by Gasteiger charge is -2.32. The molecule has 25 heavy (non-hydrogen) atoms. The van der Waals surface area contributed by atoms with Crippen LogP contribution in [-0.4, -0.2) is 44.5 Å². The summed E-state index contributed by atoms with van der Waals surface area (Å²) in [6.45, 7) is 4.89. The SMILES string of the molecule is CCC(=O)N1CCCC(C(=O)NC(C)c2ccc(S(C)(=O)=O)cc2)C1. The highest BCUT2D eigenvalue weighted by molar-refractivity contribution is 7.90. The number of amides is 2. The second-order valence-electron chi connectivity index (χ2n) is 6.60. The van der Waals surface area contributed by atoms with Crippen LogP contribution in [0.2, 0.25) is 0 Å². The van der Waals surface area contributed by atoms with Crippen LogP contribution in [0.25, 0.3) is 0 Å². The van der Waals surface area contributed by atoms with E-state index in [0.29, 0.717) is 13.0 Å². The van der Waals surface area contributed by atoms with Gasteiger partial charge in [0, 0.05) is 25.8 Å². The summed E-state index contributed by atoms with van der Waals surface area (Å²) in [5.41, 5.74) is 0.845. The molecule has 0 bridgehead atoms. The zero-order chi connectivity index (χ0) is 18.6. The Kier molecular flexibility index (Phi) is 6.21. The van der Waals surface area contributed by atoms with E-state index in [4.69, 9.17) is 0 Å². The molecule has 0 aromatic heterocycles. The van der Waals surface area contributed by atoms with Crippen molar-refractivity contribution in [3.05, 3.63) is 29.8 Å². The maximum Gasteiger partial charge on any atom is 0.225 e. The van der Waals surface area contributed by atoms with Crippen LogP contribution in [0, 0.1) is 5.92 Å². The van der Waals surface area contributed by atoms with Gasteiger partial charge in [0.1, 0.15) is 0 Å². The van der Waals surface area contributed by atoms with Crippen molar-refractivity contribution in [3.8, 4) is 0 Å². The molecule has 1 N–H and O–H groups in total. The van der Waals surface area contributed by atoms with Crippen LogP contribution in [0.5, 0.6) is 0 Å². The first kappa shape index (κ1) is 19.4. The summed E-state index contributed by atoms with van der Waals surface area (Å²) in [7, 11) is -3.23. The third-order valence-electron chi connectivity index (χ3n) is 4.61. The smallest absolute Gasteiger partial charge is 0.225 e. The van der Waals surface area contributed by atoms with Gasteiger partial charge in [-0.2, -0.15) is 0 Å². The fourth-order valence-electron chi connectivity index (χ4n) is 3.06. The fourth-order valence-corrected chi connectivity index (χ4v) is 3.69. The number of hydrogen-bond acceptors (Lipinski definition) is 4. The number of likely N-dealkylation sites (tertiary alicyclic amines) is 1. The third kappa shape index (κ3) is 5.04. The van der Waals surface area contributed by atoms with Gasteiger partial charge in [-0.15, -0.1) is 0 Å². The van der Waals surface area contributed by atoms with Crippen molar-refractivity contribution in [1.29, 1.82) is 0 Å². The predicted molar refractivity (Wildman–Crippen MR) is 95.7 cm³/mol. The Balaban J connectivity index is 1.98. The molecule has 1 aromatic rings. The molecular formula is C18H26N2O4S. The van der Waals surface area contributed by atoms with Gasteiger partial charge in [0.05, 0.1) is 16.9 Å². The number of piperidine rings is 1.